The fraction of sp³-hybridized carbons (Fsp3) is 0.438. The third kappa shape index (κ3) is 3.20. The number of carbonyl (C=O) groups is 1. The Morgan fingerprint density at radius 2 is 2.27 bits per heavy atom. The third-order valence-corrected chi connectivity index (χ3v) is 4.35. The van der Waals surface area contributed by atoms with Crippen molar-refractivity contribution in [3.05, 3.63) is 39.9 Å². The van der Waals surface area contributed by atoms with Gasteiger partial charge in [0.1, 0.15) is 0 Å². The first kappa shape index (κ1) is 15.2. The predicted molar refractivity (Wildman–Crippen MR) is 86.3 cm³/mol. The number of nitrogens with one attached hydrogen (secondary N) is 1. The number of aromatic nitrogens is 2. The normalized spacial score (nSPS) is 18.5. The van der Waals surface area contributed by atoms with E-state index in [2.05, 4.69) is 10.3 Å². The Morgan fingerprint density at radius 1 is 1.41 bits per heavy atom. The summed E-state index contributed by atoms with van der Waals surface area (Å²) in [5, 5.41) is 4.08. The SMILES string of the molecule is O=C(C[C@@H]1CCCCN1)Cn1cnc2cccc(Cl)c2c1=O. The molecule has 2 heterocycles. The van der Waals surface area contributed by atoms with Gasteiger partial charge in [-0.15, -0.1) is 0 Å². The fourth-order valence-corrected chi connectivity index (χ4v) is 3.15. The number of benzene rings is 1. The monoisotopic (exact) mass is 319 g/mol. The lowest BCUT2D eigenvalue weighted by Gasteiger charge is -2.22. The van der Waals surface area contributed by atoms with Gasteiger partial charge in [0.2, 0.25) is 0 Å². The molecular formula is C16H18ClN3O2. The van der Waals surface area contributed by atoms with Crippen LogP contribution in [0, 0.1) is 0 Å². The van der Waals surface area contributed by atoms with Crippen molar-refractivity contribution < 1.29 is 4.79 Å². The van der Waals surface area contributed by atoms with Gasteiger partial charge in [-0.1, -0.05) is 24.1 Å². The maximum absolute atomic E-state index is 12.4. The van der Waals surface area contributed by atoms with Crippen LogP contribution in [0.25, 0.3) is 10.9 Å². The first-order chi connectivity index (χ1) is 10.6. The maximum Gasteiger partial charge on any atom is 0.263 e. The predicted octanol–water partition coefficient (Wildman–Crippen LogP) is 2.15. The maximum atomic E-state index is 12.4. The molecule has 1 aromatic carbocycles. The van der Waals surface area contributed by atoms with Gasteiger partial charge in [0.05, 0.1) is 28.8 Å². The van der Waals surface area contributed by atoms with Gasteiger partial charge in [-0.05, 0) is 31.5 Å². The van der Waals surface area contributed by atoms with Crippen LogP contribution >= 0.6 is 11.6 Å². The number of piperidine rings is 1. The van der Waals surface area contributed by atoms with Crippen LogP contribution in [0.2, 0.25) is 5.02 Å². The summed E-state index contributed by atoms with van der Waals surface area (Å²) in [6.45, 7) is 1.01. The first-order valence-electron chi connectivity index (χ1n) is 7.54. The summed E-state index contributed by atoms with van der Waals surface area (Å²) in [5.41, 5.74) is 0.288. The average Bonchev–Trinajstić information content (AvgIpc) is 2.51. The third-order valence-electron chi connectivity index (χ3n) is 4.04. The molecule has 3 rings (SSSR count). The Balaban J connectivity index is 1.79. The number of ketones is 1. The van der Waals surface area contributed by atoms with Crippen molar-refractivity contribution in [1.82, 2.24) is 14.9 Å². The minimum atomic E-state index is -0.263. The highest BCUT2D eigenvalue weighted by Crippen LogP contribution is 2.17. The second-order valence-electron chi connectivity index (χ2n) is 5.70. The molecule has 116 valence electrons. The molecule has 1 N–H and O–H groups in total. The zero-order chi connectivity index (χ0) is 15.5. The van der Waals surface area contributed by atoms with Gasteiger partial charge in [-0.25, -0.2) is 4.98 Å². The van der Waals surface area contributed by atoms with E-state index in [0.717, 1.165) is 25.8 Å². The zero-order valence-electron chi connectivity index (χ0n) is 12.2. The summed E-state index contributed by atoms with van der Waals surface area (Å²) < 4.78 is 1.35. The molecule has 1 aliphatic rings. The summed E-state index contributed by atoms with van der Waals surface area (Å²) in [7, 11) is 0. The molecule has 1 saturated heterocycles. The second kappa shape index (κ2) is 6.58. The molecule has 0 bridgehead atoms. The van der Waals surface area contributed by atoms with Gasteiger partial charge in [-0.2, -0.15) is 0 Å². The molecule has 0 spiro atoms. The molecule has 1 atom stereocenters. The number of fused-ring (bicyclic) bond motifs is 1. The van der Waals surface area contributed by atoms with Crippen molar-refractivity contribution in [2.75, 3.05) is 6.54 Å². The van der Waals surface area contributed by atoms with Gasteiger partial charge in [0.25, 0.3) is 5.56 Å². The van der Waals surface area contributed by atoms with Crippen LogP contribution in [0.15, 0.2) is 29.3 Å². The first-order valence-corrected chi connectivity index (χ1v) is 7.91. The van der Waals surface area contributed by atoms with Crippen LogP contribution < -0.4 is 10.9 Å². The van der Waals surface area contributed by atoms with Crippen LogP contribution in [0.4, 0.5) is 0 Å². The molecule has 0 amide bonds. The summed E-state index contributed by atoms with van der Waals surface area (Å²) in [6, 6.07) is 5.38. The van der Waals surface area contributed by atoms with E-state index in [1.165, 1.54) is 10.9 Å². The van der Waals surface area contributed by atoms with E-state index in [9.17, 15) is 9.59 Å². The quantitative estimate of drug-likeness (QED) is 0.938. The molecule has 22 heavy (non-hydrogen) atoms. The highest BCUT2D eigenvalue weighted by Gasteiger charge is 2.17. The molecule has 1 aliphatic heterocycles. The van der Waals surface area contributed by atoms with Crippen molar-refractivity contribution in [2.24, 2.45) is 0 Å². The van der Waals surface area contributed by atoms with E-state index in [4.69, 9.17) is 11.6 Å². The van der Waals surface area contributed by atoms with Crippen LogP contribution in [-0.4, -0.2) is 27.9 Å². The van der Waals surface area contributed by atoms with Gasteiger partial charge in [0.15, 0.2) is 5.78 Å². The van der Waals surface area contributed by atoms with Gasteiger partial charge >= 0.3 is 0 Å². The smallest absolute Gasteiger partial charge is 0.263 e. The number of hydrogen-bond acceptors (Lipinski definition) is 4. The minimum Gasteiger partial charge on any atom is -0.314 e. The van der Waals surface area contributed by atoms with E-state index in [1.54, 1.807) is 18.2 Å². The average molecular weight is 320 g/mol. The fourth-order valence-electron chi connectivity index (χ4n) is 2.90. The molecule has 5 nitrogen and oxygen atoms in total. The highest BCUT2D eigenvalue weighted by atomic mass is 35.5. The van der Waals surface area contributed by atoms with E-state index in [-0.39, 0.29) is 23.9 Å². The van der Waals surface area contributed by atoms with Crippen molar-refractivity contribution in [1.29, 1.82) is 0 Å². The Hall–Kier alpha value is -1.72. The van der Waals surface area contributed by atoms with Gasteiger partial charge in [-0.3, -0.25) is 14.2 Å². The minimum absolute atomic E-state index is 0.0368. The molecule has 0 aliphatic carbocycles. The Labute approximate surface area is 133 Å². The number of carbonyl (C=O) groups excluding carboxylic acids is 1. The van der Waals surface area contributed by atoms with Crippen LogP contribution in [0.3, 0.4) is 0 Å². The lowest BCUT2D eigenvalue weighted by molar-refractivity contribution is -0.120. The van der Waals surface area contributed by atoms with E-state index in [1.807, 2.05) is 0 Å². The van der Waals surface area contributed by atoms with Crippen LogP contribution in [0.1, 0.15) is 25.7 Å². The van der Waals surface area contributed by atoms with E-state index in [0.29, 0.717) is 22.3 Å². The van der Waals surface area contributed by atoms with Crippen molar-refractivity contribution in [3.63, 3.8) is 0 Å². The molecule has 2 aromatic rings. The lowest BCUT2D eigenvalue weighted by atomic mass is 10.00. The van der Waals surface area contributed by atoms with Gasteiger partial charge in [0, 0.05) is 12.5 Å². The largest absolute Gasteiger partial charge is 0.314 e. The molecule has 0 unspecified atom stereocenters. The highest BCUT2D eigenvalue weighted by molar-refractivity contribution is 6.35. The summed E-state index contributed by atoms with van der Waals surface area (Å²) in [5.74, 6) is 0.0368. The number of halogens is 1. The Morgan fingerprint density at radius 3 is 3.05 bits per heavy atom. The second-order valence-corrected chi connectivity index (χ2v) is 6.11. The number of Topliss-reactive ketones (excluding diaryl/α,β-unsaturated/α-hetero) is 1. The summed E-state index contributed by atoms with van der Waals surface area (Å²) in [4.78, 5) is 28.9. The number of hydrogen-bond donors (Lipinski definition) is 1. The van der Waals surface area contributed by atoms with Crippen LogP contribution in [0.5, 0.6) is 0 Å². The van der Waals surface area contributed by atoms with Crippen molar-refractivity contribution in [2.45, 2.75) is 38.3 Å². The summed E-state index contributed by atoms with van der Waals surface area (Å²) >= 11 is 6.08. The lowest BCUT2D eigenvalue weighted by Crippen LogP contribution is -2.37. The summed E-state index contributed by atoms with van der Waals surface area (Å²) in [6.07, 6.45) is 5.21. The number of nitrogens with zero attached hydrogens (tertiary/aromatic N) is 2. The molecule has 1 aromatic heterocycles. The standard InChI is InChI=1S/C16H18ClN3O2/c17-13-5-3-6-14-15(13)16(22)20(10-19-14)9-12(21)8-11-4-1-2-7-18-11/h3,5-6,10-11,18H,1-2,4,7-9H2/t11-/m0/s1. The van der Waals surface area contributed by atoms with Crippen LogP contribution in [-0.2, 0) is 11.3 Å². The molecule has 1 fully saturated rings. The number of rotatable bonds is 4. The molecular weight excluding hydrogens is 302 g/mol. The topological polar surface area (TPSA) is 64.0 Å². The molecule has 6 heteroatoms. The molecule has 0 saturated carbocycles. The van der Waals surface area contributed by atoms with E-state index < -0.39 is 0 Å². The zero-order valence-corrected chi connectivity index (χ0v) is 13.0. The van der Waals surface area contributed by atoms with Crippen molar-refractivity contribution in [3.8, 4) is 0 Å². The molecule has 0 radical (unpaired) electrons. The Kier molecular flexibility index (Phi) is 4.55. The van der Waals surface area contributed by atoms with E-state index >= 15 is 0 Å². The van der Waals surface area contributed by atoms with Gasteiger partial charge < -0.3 is 5.32 Å². The Bertz CT molecular complexity index is 751. The van der Waals surface area contributed by atoms with Crippen molar-refractivity contribution >= 4 is 28.3 Å².